The van der Waals surface area contributed by atoms with Gasteiger partial charge in [-0.1, -0.05) is 12.1 Å². The Balaban J connectivity index is 1.49. The lowest BCUT2D eigenvalue weighted by atomic mass is 10.0. The van der Waals surface area contributed by atoms with Crippen LogP contribution in [0.3, 0.4) is 0 Å². The van der Waals surface area contributed by atoms with Gasteiger partial charge in [-0.3, -0.25) is 4.79 Å². The van der Waals surface area contributed by atoms with Crippen LogP contribution in [0.1, 0.15) is 28.4 Å². The fraction of sp³-hybridized carbons (Fsp3) is 0.381. The monoisotopic (exact) mass is 379 g/mol. The standard InChI is InChI=1S/C21H25N5O2/c1-25-12-9-15(14-25)19-17-7-5-10-22-20(17)26(24-19)13-11-23-21(27)16-6-3-4-8-18(16)28-2/h3-8,10,15H,9,11-14H2,1-2H3,(H,23,27)/t15-/m0/s1. The number of carbonyl (C=O) groups is 1. The van der Waals surface area contributed by atoms with Crippen molar-refractivity contribution in [1.29, 1.82) is 0 Å². The first-order chi connectivity index (χ1) is 13.7. The number of rotatable bonds is 6. The number of likely N-dealkylation sites (tertiary alicyclic amines) is 1. The summed E-state index contributed by atoms with van der Waals surface area (Å²) in [5.74, 6) is 0.847. The third-order valence-corrected chi connectivity index (χ3v) is 5.27. The second kappa shape index (κ2) is 7.98. The van der Waals surface area contributed by atoms with Crippen molar-refractivity contribution in [3.05, 3.63) is 53.9 Å². The SMILES string of the molecule is COc1ccccc1C(=O)NCCn1nc([C@H]2CCN(C)C2)c2cccnc21. The molecule has 1 aliphatic heterocycles. The number of ether oxygens (including phenoxy) is 1. The molecule has 1 aliphatic rings. The van der Waals surface area contributed by atoms with Gasteiger partial charge in [-0.25, -0.2) is 9.67 Å². The van der Waals surface area contributed by atoms with E-state index in [9.17, 15) is 4.79 Å². The number of likely N-dealkylation sites (N-methyl/N-ethyl adjacent to an activating group) is 1. The zero-order chi connectivity index (χ0) is 19.5. The summed E-state index contributed by atoms with van der Waals surface area (Å²) in [6.07, 6.45) is 2.90. The maximum absolute atomic E-state index is 12.5. The van der Waals surface area contributed by atoms with Crippen molar-refractivity contribution in [3.63, 3.8) is 0 Å². The van der Waals surface area contributed by atoms with Crippen LogP contribution in [0.4, 0.5) is 0 Å². The molecule has 146 valence electrons. The summed E-state index contributed by atoms with van der Waals surface area (Å²) in [6.45, 7) is 3.14. The first-order valence-electron chi connectivity index (χ1n) is 9.58. The minimum atomic E-state index is -0.153. The van der Waals surface area contributed by atoms with Gasteiger partial charge >= 0.3 is 0 Å². The number of pyridine rings is 1. The molecule has 0 bridgehead atoms. The fourth-order valence-corrected chi connectivity index (χ4v) is 3.85. The Morgan fingerprint density at radius 2 is 2.14 bits per heavy atom. The highest BCUT2D eigenvalue weighted by Gasteiger charge is 2.26. The van der Waals surface area contributed by atoms with Crippen LogP contribution in [-0.2, 0) is 6.54 Å². The van der Waals surface area contributed by atoms with E-state index in [4.69, 9.17) is 9.84 Å². The molecule has 1 amide bonds. The quantitative estimate of drug-likeness (QED) is 0.711. The topological polar surface area (TPSA) is 72.3 Å². The molecular formula is C21H25N5O2. The highest BCUT2D eigenvalue weighted by molar-refractivity contribution is 5.96. The summed E-state index contributed by atoms with van der Waals surface area (Å²) in [5, 5.41) is 8.93. The van der Waals surface area contributed by atoms with Gasteiger partial charge in [0.1, 0.15) is 5.75 Å². The third-order valence-electron chi connectivity index (χ3n) is 5.27. The Bertz CT molecular complexity index is 984. The van der Waals surface area contributed by atoms with Gasteiger partial charge in [0.05, 0.1) is 24.9 Å². The van der Waals surface area contributed by atoms with Gasteiger partial charge < -0.3 is 15.0 Å². The van der Waals surface area contributed by atoms with Crippen LogP contribution in [0.2, 0.25) is 0 Å². The number of aromatic nitrogens is 3. The number of hydrogen-bond acceptors (Lipinski definition) is 5. The van der Waals surface area contributed by atoms with Gasteiger partial charge in [0, 0.05) is 30.6 Å². The zero-order valence-corrected chi connectivity index (χ0v) is 16.3. The summed E-state index contributed by atoms with van der Waals surface area (Å²) in [5.41, 5.74) is 2.52. The van der Waals surface area contributed by atoms with Crippen LogP contribution in [0, 0.1) is 0 Å². The lowest BCUT2D eigenvalue weighted by Gasteiger charge is -2.09. The normalized spacial score (nSPS) is 17.1. The van der Waals surface area contributed by atoms with E-state index >= 15 is 0 Å². The van der Waals surface area contributed by atoms with Crippen molar-refractivity contribution in [2.75, 3.05) is 33.8 Å². The molecule has 0 spiro atoms. The number of nitrogens with zero attached hydrogens (tertiary/aromatic N) is 4. The van der Waals surface area contributed by atoms with Crippen molar-refractivity contribution < 1.29 is 9.53 Å². The molecule has 3 aromatic rings. The summed E-state index contributed by atoms with van der Waals surface area (Å²) in [6, 6.07) is 11.3. The number of methoxy groups -OCH3 is 1. The van der Waals surface area contributed by atoms with E-state index < -0.39 is 0 Å². The number of hydrogen-bond donors (Lipinski definition) is 1. The van der Waals surface area contributed by atoms with Gasteiger partial charge in [-0.2, -0.15) is 5.10 Å². The molecule has 0 radical (unpaired) electrons. The minimum Gasteiger partial charge on any atom is -0.496 e. The molecule has 1 N–H and O–H groups in total. The molecule has 1 aromatic carbocycles. The summed E-state index contributed by atoms with van der Waals surface area (Å²) in [4.78, 5) is 19.3. The Morgan fingerprint density at radius 1 is 1.29 bits per heavy atom. The molecule has 7 nitrogen and oxygen atoms in total. The summed E-state index contributed by atoms with van der Waals surface area (Å²) in [7, 11) is 3.71. The number of amides is 1. The largest absolute Gasteiger partial charge is 0.496 e. The molecule has 1 atom stereocenters. The smallest absolute Gasteiger partial charge is 0.255 e. The van der Waals surface area contributed by atoms with Gasteiger partial charge in [0.2, 0.25) is 0 Å². The fourth-order valence-electron chi connectivity index (χ4n) is 3.85. The maximum Gasteiger partial charge on any atom is 0.255 e. The van der Waals surface area contributed by atoms with Crippen LogP contribution >= 0.6 is 0 Å². The predicted molar refractivity (Wildman–Crippen MR) is 108 cm³/mol. The molecule has 0 saturated carbocycles. The van der Waals surface area contributed by atoms with E-state index in [1.54, 1.807) is 25.4 Å². The maximum atomic E-state index is 12.5. The van der Waals surface area contributed by atoms with Crippen molar-refractivity contribution in [1.82, 2.24) is 25.0 Å². The second-order valence-corrected chi connectivity index (χ2v) is 7.19. The first kappa shape index (κ1) is 18.4. The summed E-state index contributed by atoms with van der Waals surface area (Å²) >= 11 is 0. The lowest BCUT2D eigenvalue weighted by Crippen LogP contribution is -2.28. The minimum absolute atomic E-state index is 0.153. The van der Waals surface area contributed by atoms with Crippen LogP contribution in [-0.4, -0.2) is 59.4 Å². The molecule has 2 aromatic heterocycles. The van der Waals surface area contributed by atoms with Gasteiger partial charge in [0.15, 0.2) is 5.65 Å². The average molecular weight is 379 g/mol. The molecule has 0 unspecified atom stereocenters. The molecule has 4 rings (SSSR count). The molecule has 1 fully saturated rings. The number of fused-ring (bicyclic) bond motifs is 1. The van der Waals surface area contributed by atoms with E-state index in [1.165, 1.54) is 0 Å². The number of para-hydroxylation sites is 1. The average Bonchev–Trinajstić information content (AvgIpc) is 3.31. The van der Waals surface area contributed by atoms with Gasteiger partial charge in [-0.05, 0) is 44.3 Å². The molecule has 0 aliphatic carbocycles. The second-order valence-electron chi connectivity index (χ2n) is 7.19. The van der Waals surface area contributed by atoms with E-state index in [0.717, 1.165) is 36.2 Å². The van der Waals surface area contributed by atoms with Crippen LogP contribution in [0.25, 0.3) is 11.0 Å². The van der Waals surface area contributed by atoms with Crippen LogP contribution < -0.4 is 10.1 Å². The highest BCUT2D eigenvalue weighted by Crippen LogP contribution is 2.30. The van der Waals surface area contributed by atoms with E-state index in [-0.39, 0.29) is 5.91 Å². The Morgan fingerprint density at radius 3 is 2.93 bits per heavy atom. The van der Waals surface area contributed by atoms with Gasteiger partial charge in [-0.15, -0.1) is 0 Å². The van der Waals surface area contributed by atoms with Crippen molar-refractivity contribution in [2.24, 2.45) is 0 Å². The Hall–Kier alpha value is -2.93. The third kappa shape index (κ3) is 3.57. The zero-order valence-electron chi connectivity index (χ0n) is 16.3. The van der Waals surface area contributed by atoms with Crippen molar-refractivity contribution >= 4 is 16.9 Å². The first-order valence-corrected chi connectivity index (χ1v) is 9.58. The Labute approximate surface area is 164 Å². The van der Waals surface area contributed by atoms with E-state index in [1.807, 2.05) is 22.9 Å². The molecular weight excluding hydrogens is 354 g/mol. The van der Waals surface area contributed by atoms with Crippen LogP contribution in [0.15, 0.2) is 42.6 Å². The predicted octanol–water partition coefficient (Wildman–Crippen LogP) is 2.29. The number of nitrogens with one attached hydrogen (secondary N) is 1. The van der Waals surface area contributed by atoms with Crippen LogP contribution in [0.5, 0.6) is 5.75 Å². The number of benzene rings is 1. The van der Waals surface area contributed by atoms with Gasteiger partial charge in [0.25, 0.3) is 5.91 Å². The molecule has 1 saturated heterocycles. The van der Waals surface area contributed by atoms with E-state index in [0.29, 0.717) is 30.3 Å². The molecule has 7 heteroatoms. The summed E-state index contributed by atoms with van der Waals surface area (Å²) < 4.78 is 7.17. The molecule has 3 heterocycles. The Kier molecular flexibility index (Phi) is 5.25. The molecule has 28 heavy (non-hydrogen) atoms. The lowest BCUT2D eigenvalue weighted by molar-refractivity contribution is 0.0949. The highest BCUT2D eigenvalue weighted by atomic mass is 16.5. The number of carbonyl (C=O) groups excluding carboxylic acids is 1. The van der Waals surface area contributed by atoms with Crippen molar-refractivity contribution in [3.8, 4) is 5.75 Å². The van der Waals surface area contributed by atoms with Crippen molar-refractivity contribution in [2.45, 2.75) is 18.9 Å². The van der Waals surface area contributed by atoms with E-state index in [2.05, 4.69) is 28.3 Å².